The Morgan fingerprint density at radius 3 is 1.59 bits per heavy atom. The van der Waals surface area contributed by atoms with E-state index in [2.05, 4.69) is 13.8 Å². The smallest absolute Gasteiger partial charge is 0.287 e. The molecule has 17 heavy (non-hydrogen) atoms. The Morgan fingerprint density at radius 2 is 1.24 bits per heavy atom. The molecule has 0 rings (SSSR count). The molecule has 0 bridgehead atoms. The van der Waals surface area contributed by atoms with Crippen LogP contribution >= 0.6 is 7.82 Å². The van der Waals surface area contributed by atoms with Crippen LogP contribution in [-0.4, -0.2) is 19.8 Å². The van der Waals surface area contributed by atoms with E-state index in [-0.39, 0.29) is 0 Å². The average molecular weight is 266 g/mol. The van der Waals surface area contributed by atoms with Crippen molar-refractivity contribution in [2.45, 2.75) is 59.3 Å². The zero-order valence-corrected chi connectivity index (χ0v) is 12.3. The summed E-state index contributed by atoms with van der Waals surface area (Å²) in [6.45, 7) is 7.25. The van der Waals surface area contributed by atoms with Crippen LogP contribution in [0.4, 0.5) is 0 Å². The van der Waals surface area contributed by atoms with Crippen LogP contribution in [0.5, 0.6) is 0 Å². The summed E-state index contributed by atoms with van der Waals surface area (Å²) in [5, 5.41) is 0. The average Bonchev–Trinajstić information content (AvgIpc) is 2.31. The van der Waals surface area contributed by atoms with Gasteiger partial charge in [0, 0.05) is 0 Å². The van der Waals surface area contributed by atoms with Crippen molar-refractivity contribution >= 4 is 7.82 Å². The largest absolute Gasteiger partial charge is 0.474 e. The molecule has 0 aromatic rings. The topological polar surface area (TPSA) is 44.8 Å². The molecule has 0 aromatic carbocycles. The molecule has 0 radical (unpaired) electrons. The second kappa shape index (κ2) is 11.2. The summed E-state index contributed by atoms with van der Waals surface area (Å²) in [5.41, 5.74) is 0. The van der Waals surface area contributed by atoms with E-state index in [4.69, 9.17) is 13.6 Å². The lowest BCUT2D eigenvalue weighted by molar-refractivity contribution is 0.114. The molecule has 0 aliphatic carbocycles. The van der Waals surface area contributed by atoms with E-state index in [0.717, 1.165) is 38.5 Å². The first-order valence-corrected chi connectivity index (χ1v) is 8.18. The minimum Gasteiger partial charge on any atom is -0.287 e. The maximum atomic E-state index is 12.1. The van der Waals surface area contributed by atoms with Gasteiger partial charge >= 0.3 is 7.82 Å². The summed E-state index contributed by atoms with van der Waals surface area (Å²) in [6.07, 6.45) is 6.15. The van der Waals surface area contributed by atoms with Crippen molar-refractivity contribution in [1.82, 2.24) is 0 Å². The number of phosphoric acid groups is 1. The van der Waals surface area contributed by atoms with Gasteiger partial charge in [-0.05, 0) is 19.8 Å². The molecule has 4 nitrogen and oxygen atoms in total. The first-order chi connectivity index (χ1) is 8.18. The Labute approximate surface area is 106 Å². The minimum absolute atomic E-state index is 0.346. The first-order valence-electron chi connectivity index (χ1n) is 6.72. The summed E-state index contributed by atoms with van der Waals surface area (Å²) < 4.78 is 27.7. The van der Waals surface area contributed by atoms with Crippen molar-refractivity contribution in [1.29, 1.82) is 0 Å². The van der Waals surface area contributed by atoms with Crippen molar-refractivity contribution in [3.05, 3.63) is 0 Å². The first kappa shape index (κ1) is 17.1. The lowest BCUT2D eigenvalue weighted by Crippen LogP contribution is -2.03. The highest BCUT2D eigenvalue weighted by Gasteiger charge is 2.25. The highest BCUT2D eigenvalue weighted by molar-refractivity contribution is 7.48. The second-order valence-electron chi connectivity index (χ2n) is 3.95. The molecule has 5 heteroatoms. The number of hydrogen-bond donors (Lipinski definition) is 0. The van der Waals surface area contributed by atoms with Gasteiger partial charge in [0.15, 0.2) is 0 Å². The fourth-order valence-corrected chi connectivity index (χ4v) is 2.57. The second-order valence-corrected chi connectivity index (χ2v) is 5.61. The molecule has 0 saturated heterocycles. The van der Waals surface area contributed by atoms with Crippen molar-refractivity contribution in [2.24, 2.45) is 0 Å². The van der Waals surface area contributed by atoms with Crippen LogP contribution in [0.2, 0.25) is 0 Å². The van der Waals surface area contributed by atoms with Crippen molar-refractivity contribution in [3.8, 4) is 0 Å². The third-order valence-corrected chi connectivity index (χ3v) is 3.85. The van der Waals surface area contributed by atoms with Gasteiger partial charge in [0.1, 0.15) is 0 Å². The van der Waals surface area contributed by atoms with Crippen LogP contribution in [0.3, 0.4) is 0 Å². The Balaban J connectivity index is 3.85. The predicted molar refractivity (Wildman–Crippen MR) is 70.2 cm³/mol. The quantitative estimate of drug-likeness (QED) is 0.384. The molecule has 0 amide bonds. The number of phosphoric ester groups is 1. The van der Waals surface area contributed by atoms with E-state index in [0.29, 0.717) is 19.8 Å². The Bertz CT molecular complexity index is 193. The van der Waals surface area contributed by atoms with Gasteiger partial charge < -0.3 is 0 Å². The molecule has 0 aromatic heterocycles. The van der Waals surface area contributed by atoms with Crippen LogP contribution in [0.25, 0.3) is 0 Å². The molecule has 0 spiro atoms. The lowest BCUT2D eigenvalue weighted by atomic mass is 10.3. The van der Waals surface area contributed by atoms with Crippen LogP contribution in [0, 0.1) is 0 Å². The monoisotopic (exact) mass is 266 g/mol. The molecular weight excluding hydrogens is 239 g/mol. The highest BCUT2D eigenvalue weighted by atomic mass is 31.2. The van der Waals surface area contributed by atoms with Gasteiger partial charge in [0.25, 0.3) is 0 Å². The summed E-state index contributed by atoms with van der Waals surface area (Å²) >= 11 is 0. The normalized spacial score (nSPS) is 11.9. The SMILES string of the molecule is CCCCCOP(=O)(OCC)OCCCCC. The maximum absolute atomic E-state index is 12.1. The summed E-state index contributed by atoms with van der Waals surface area (Å²) in [6, 6.07) is 0. The molecule has 0 atom stereocenters. The number of rotatable bonds is 12. The zero-order chi connectivity index (χ0) is 13.0. The Kier molecular flexibility index (Phi) is 11.3. The van der Waals surface area contributed by atoms with Crippen molar-refractivity contribution < 1.29 is 18.1 Å². The van der Waals surface area contributed by atoms with Crippen LogP contribution < -0.4 is 0 Å². The predicted octanol–water partition coefficient (Wildman–Crippen LogP) is 4.54. The van der Waals surface area contributed by atoms with Gasteiger partial charge in [0.2, 0.25) is 0 Å². The van der Waals surface area contributed by atoms with E-state index < -0.39 is 7.82 Å². The molecule has 0 N–H and O–H groups in total. The standard InChI is InChI=1S/C12H27O4P/c1-4-7-9-11-15-17(13,14-6-3)16-12-10-8-5-2/h4-12H2,1-3H3. The molecule has 0 saturated carbocycles. The van der Waals surface area contributed by atoms with E-state index in [1.165, 1.54) is 0 Å². The Hall–Kier alpha value is 0.110. The van der Waals surface area contributed by atoms with Gasteiger partial charge in [-0.15, -0.1) is 0 Å². The number of unbranched alkanes of at least 4 members (excludes halogenated alkanes) is 4. The number of hydrogen-bond acceptors (Lipinski definition) is 4. The van der Waals surface area contributed by atoms with Crippen molar-refractivity contribution in [3.63, 3.8) is 0 Å². The van der Waals surface area contributed by atoms with E-state index in [1.807, 2.05) is 0 Å². The van der Waals surface area contributed by atoms with E-state index in [1.54, 1.807) is 6.92 Å². The molecule has 0 unspecified atom stereocenters. The van der Waals surface area contributed by atoms with Crippen LogP contribution in [0.1, 0.15) is 59.3 Å². The molecule has 0 fully saturated rings. The Morgan fingerprint density at radius 1 is 0.765 bits per heavy atom. The van der Waals surface area contributed by atoms with Crippen LogP contribution in [0.15, 0.2) is 0 Å². The third-order valence-electron chi connectivity index (χ3n) is 2.28. The molecule has 104 valence electrons. The fourth-order valence-electron chi connectivity index (χ4n) is 1.33. The van der Waals surface area contributed by atoms with E-state index in [9.17, 15) is 4.57 Å². The lowest BCUT2D eigenvalue weighted by Gasteiger charge is -2.17. The minimum atomic E-state index is -3.30. The maximum Gasteiger partial charge on any atom is 0.474 e. The zero-order valence-electron chi connectivity index (χ0n) is 11.4. The molecule has 0 aliphatic heterocycles. The molecule has 0 aliphatic rings. The van der Waals surface area contributed by atoms with Gasteiger partial charge in [-0.3, -0.25) is 13.6 Å². The van der Waals surface area contributed by atoms with Gasteiger partial charge in [-0.2, -0.15) is 0 Å². The third kappa shape index (κ3) is 9.78. The van der Waals surface area contributed by atoms with E-state index >= 15 is 0 Å². The summed E-state index contributed by atoms with van der Waals surface area (Å²) in [5.74, 6) is 0. The summed E-state index contributed by atoms with van der Waals surface area (Å²) in [4.78, 5) is 0. The molecule has 0 heterocycles. The highest BCUT2D eigenvalue weighted by Crippen LogP contribution is 2.49. The van der Waals surface area contributed by atoms with Crippen molar-refractivity contribution in [2.75, 3.05) is 19.8 Å². The van der Waals surface area contributed by atoms with Crippen LogP contribution in [-0.2, 0) is 18.1 Å². The molecular formula is C12H27O4P. The van der Waals surface area contributed by atoms with Gasteiger partial charge in [-0.1, -0.05) is 39.5 Å². The summed E-state index contributed by atoms with van der Waals surface area (Å²) in [7, 11) is -3.30. The van der Waals surface area contributed by atoms with Gasteiger partial charge in [0.05, 0.1) is 19.8 Å². The van der Waals surface area contributed by atoms with Gasteiger partial charge in [-0.25, -0.2) is 4.57 Å². The fraction of sp³-hybridized carbons (Fsp3) is 1.00.